The predicted molar refractivity (Wildman–Crippen MR) is 76.8 cm³/mol. The van der Waals surface area contributed by atoms with E-state index in [9.17, 15) is 10.2 Å². The molecule has 0 unspecified atom stereocenters. The molecular formula is C14H22ClNO3. The lowest BCUT2D eigenvalue weighted by Crippen LogP contribution is -2.31. The summed E-state index contributed by atoms with van der Waals surface area (Å²) in [4.78, 5) is 0. The third kappa shape index (κ3) is 3.53. The van der Waals surface area contributed by atoms with E-state index < -0.39 is 12.1 Å². The van der Waals surface area contributed by atoms with Crippen LogP contribution in [0.3, 0.4) is 0 Å². The van der Waals surface area contributed by atoms with Crippen molar-refractivity contribution in [1.82, 2.24) is 0 Å². The Morgan fingerprint density at radius 1 is 1.32 bits per heavy atom. The Morgan fingerprint density at radius 2 is 1.95 bits per heavy atom. The molecule has 4 N–H and O–H groups in total. The molecule has 0 aromatic heterocycles. The van der Waals surface area contributed by atoms with Crippen LogP contribution in [0, 0.1) is 5.92 Å². The highest BCUT2D eigenvalue weighted by Gasteiger charge is 2.29. The Hall–Kier alpha value is -0.970. The summed E-state index contributed by atoms with van der Waals surface area (Å²) in [5.74, 6) is 0.916. The molecule has 0 amide bonds. The van der Waals surface area contributed by atoms with Gasteiger partial charge in [-0.25, -0.2) is 0 Å². The molecule has 0 saturated heterocycles. The molecule has 1 aromatic rings. The minimum Gasteiger partial charge on any atom is -0.507 e. The highest BCUT2D eigenvalue weighted by atomic mass is 35.5. The van der Waals surface area contributed by atoms with Crippen LogP contribution in [-0.2, 0) is 0 Å². The molecule has 5 heteroatoms. The third-order valence-electron chi connectivity index (χ3n) is 3.85. The first-order chi connectivity index (χ1) is 8.63. The van der Waals surface area contributed by atoms with Crippen LogP contribution < -0.4 is 10.5 Å². The van der Waals surface area contributed by atoms with E-state index in [1.54, 1.807) is 19.2 Å². The summed E-state index contributed by atoms with van der Waals surface area (Å²) in [5, 5.41) is 20.2. The molecule has 1 fully saturated rings. The Morgan fingerprint density at radius 3 is 2.47 bits per heavy atom. The van der Waals surface area contributed by atoms with E-state index in [1.165, 1.54) is 6.07 Å². The SMILES string of the molecule is COc1ccc([C@@H](N)[C@@H](O)C2CCCC2)c(O)c1.Cl. The van der Waals surface area contributed by atoms with Gasteiger partial charge in [-0.1, -0.05) is 12.8 Å². The van der Waals surface area contributed by atoms with Gasteiger partial charge in [-0.3, -0.25) is 0 Å². The molecule has 19 heavy (non-hydrogen) atoms. The zero-order chi connectivity index (χ0) is 13.1. The molecule has 1 saturated carbocycles. The summed E-state index contributed by atoms with van der Waals surface area (Å²) in [5.41, 5.74) is 6.64. The smallest absolute Gasteiger partial charge is 0.124 e. The van der Waals surface area contributed by atoms with Gasteiger partial charge < -0.3 is 20.7 Å². The molecule has 1 aliphatic rings. The van der Waals surface area contributed by atoms with Gasteiger partial charge in [-0.15, -0.1) is 12.4 Å². The van der Waals surface area contributed by atoms with Crippen molar-refractivity contribution >= 4 is 12.4 Å². The van der Waals surface area contributed by atoms with Crippen LogP contribution in [-0.4, -0.2) is 23.4 Å². The van der Waals surface area contributed by atoms with E-state index in [1.807, 2.05) is 0 Å². The van der Waals surface area contributed by atoms with Crippen molar-refractivity contribution < 1.29 is 14.9 Å². The van der Waals surface area contributed by atoms with E-state index in [0.717, 1.165) is 25.7 Å². The average molecular weight is 288 g/mol. The maximum atomic E-state index is 10.3. The van der Waals surface area contributed by atoms with E-state index in [2.05, 4.69) is 0 Å². The first-order valence-electron chi connectivity index (χ1n) is 6.44. The number of ether oxygens (including phenoxy) is 1. The molecule has 1 aliphatic carbocycles. The van der Waals surface area contributed by atoms with E-state index in [-0.39, 0.29) is 24.1 Å². The quantitative estimate of drug-likeness (QED) is 0.795. The van der Waals surface area contributed by atoms with Crippen molar-refractivity contribution in [2.75, 3.05) is 7.11 Å². The third-order valence-corrected chi connectivity index (χ3v) is 3.85. The van der Waals surface area contributed by atoms with Crippen molar-refractivity contribution in [3.8, 4) is 11.5 Å². The number of phenolic OH excluding ortho intramolecular Hbond substituents is 1. The van der Waals surface area contributed by atoms with Crippen LogP contribution >= 0.6 is 12.4 Å². The first-order valence-corrected chi connectivity index (χ1v) is 6.44. The van der Waals surface area contributed by atoms with Crippen LogP contribution in [0.15, 0.2) is 18.2 Å². The van der Waals surface area contributed by atoms with E-state index >= 15 is 0 Å². The fraction of sp³-hybridized carbons (Fsp3) is 0.571. The van der Waals surface area contributed by atoms with Crippen LogP contribution in [0.25, 0.3) is 0 Å². The second-order valence-corrected chi connectivity index (χ2v) is 4.99. The number of benzene rings is 1. The van der Waals surface area contributed by atoms with Crippen LogP contribution in [0.1, 0.15) is 37.3 Å². The molecule has 0 spiro atoms. The summed E-state index contributed by atoms with van der Waals surface area (Å²) in [6.45, 7) is 0. The second kappa shape index (κ2) is 6.98. The summed E-state index contributed by atoms with van der Waals surface area (Å²) in [7, 11) is 1.54. The predicted octanol–water partition coefficient (Wildman–Crippen LogP) is 2.37. The monoisotopic (exact) mass is 287 g/mol. The molecule has 0 heterocycles. The van der Waals surface area contributed by atoms with Crippen molar-refractivity contribution in [3.05, 3.63) is 23.8 Å². The molecule has 0 radical (unpaired) electrons. The Bertz CT molecular complexity index is 408. The van der Waals surface area contributed by atoms with Gasteiger partial charge in [-0.2, -0.15) is 0 Å². The average Bonchev–Trinajstić information content (AvgIpc) is 2.90. The number of hydrogen-bond donors (Lipinski definition) is 3. The largest absolute Gasteiger partial charge is 0.507 e. The highest BCUT2D eigenvalue weighted by Crippen LogP contribution is 2.35. The van der Waals surface area contributed by atoms with Crippen LogP contribution in [0.2, 0.25) is 0 Å². The number of rotatable bonds is 4. The summed E-state index contributed by atoms with van der Waals surface area (Å²) in [6.07, 6.45) is 3.76. The molecular weight excluding hydrogens is 266 g/mol. The molecule has 108 valence electrons. The lowest BCUT2D eigenvalue weighted by atomic mass is 9.90. The number of halogens is 1. The maximum Gasteiger partial charge on any atom is 0.124 e. The number of aromatic hydroxyl groups is 1. The van der Waals surface area contributed by atoms with Gasteiger partial charge in [0.2, 0.25) is 0 Å². The molecule has 1 aromatic carbocycles. The lowest BCUT2D eigenvalue weighted by molar-refractivity contribution is 0.0836. The number of phenols is 1. The van der Waals surface area contributed by atoms with E-state index in [0.29, 0.717) is 11.3 Å². The normalized spacial score (nSPS) is 18.7. The van der Waals surface area contributed by atoms with Crippen molar-refractivity contribution in [2.24, 2.45) is 11.7 Å². The van der Waals surface area contributed by atoms with Gasteiger partial charge in [0.15, 0.2) is 0 Å². The van der Waals surface area contributed by atoms with Gasteiger partial charge in [0.25, 0.3) is 0 Å². The van der Waals surface area contributed by atoms with Crippen molar-refractivity contribution in [3.63, 3.8) is 0 Å². The van der Waals surface area contributed by atoms with Gasteiger partial charge in [0.05, 0.1) is 19.3 Å². The van der Waals surface area contributed by atoms with Gasteiger partial charge >= 0.3 is 0 Å². The topological polar surface area (TPSA) is 75.7 Å². The van der Waals surface area contributed by atoms with Gasteiger partial charge in [0.1, 0.15) is 11.5 Å². The Balaban J connectivity index is 0.00000180. The minimum absolute atomic E-state index is 0. The van der Waals surface area contributed by atoms with Crippen LogP contribution in [0.5, 0.6) is 11.5 Å². The Labute approximate surface area is 120 Å². The number of nitrogens with two attached hydrogens (primary N) is 1. The number of aliphatic hydroxyl groups is 1. The molecule has 0 bridgehead atoms. The van der Waals surface area contributed by atoms with Crippen molar-refractivity contribution in [1.29, 1.82) is 0 Å². The zero-order valence-electron chi connectivity index (χ0n) is 11.1. The molecule has 2 rings (SSSR count). The van der Waals surface area contributed by atoms with Gasteiger partial charge in [0, 0.05) is 11.6 Å². The fourth-order valence-electron chi connectivity index (χ4n) is 2.71. The van der Waals surface area contributed by atoms with E-state index in [4.69, 9.17) is 10.5 Å². The summed E-state index contributed by atoms with van der Waals surface area (Å²) < 4.78 is 5.03. The molecule has 0 aliphatic heterocycles. The summed E-state index contributed by atoms with van der Waals surface area (Å²) >= 11 is 0. The Kier molecular flexibility index (Phi) is 5.91. The fourth-order valence-corrected chi connectivity index (χ4v) is 2.71. The molecule has 2 atom stereocenters. The number of methoxy groups -OCH3 is 1. The summed E-state index contributed by atoms with van der Waals surface area (Å²) in [6, 6.07) is 4.45. The lowest BCUT2D eigenvalue weighted by Gasteiger charge is -2.25. The number of hydrogen-bond acceptors (Lipinski definition) is 4. The highest BCUT2D eigenvalue weighted by molar-refractivity contribution is 5.85. The van der Waals surface area contributed by atoms with Gasteiger partial charge in [-0.05, 0) is 30.9 Å². The van der Waals surface area contributed by atoms with Crippen molar-refractivity contribution in [2.45, 2.75) is 37.8 Å². The van der Waals surface area contributed by atoms with Crippen LogP contribution in [0.4, 0.5) is 0 Å². The zero-order valence-corrected chi connectivity index (χ0v) is 11.9. The number of aliphatic hydroxyl groups excluding tert-OH is 1. The first kappa shape index (κ1) is 16.1. The maximum absolute atomic E-state index is 10.3. The standard InChI is InChI=1S/C14H21NO3.ClH/c1-18-10-6-7-11(12(16)8-10)13(15)14(17)9-4-2-3-5-9;/h6-9,13-14,16-17H,2-5,15H2,1H3;1H/t13-,14+;/m1./s1. The second-order valence-electron chi connectivity index (χ2n) is 4.99. The molecule has 4 nitrogen and oxygen atoms in total. The minimum atomic E-state index is -0.591.